The largest absolute Gasteiger partial charge is 0.374 e. The first-order chi connectivity index (χ1) is 9.49. The van der Waals surface area contributed by atoms with E-state index in [1.165, 1.54) is 12.8 Å². The standard InChI is InChI=1S/C14H20ClN3O2/c1-10-6-14(18(19)20)12(15)7-13(10)17(2)9-11-4-3-5-16-8-11/h6-7,11,16H,3-5,8-9H2,1-2H3. The maximum atomic E-state index is 10.9. The highest BCUT2D eigenvalue weighted by Gasteiger charge is 2.19. The van der Waals surface area contributed by atoms with Crippen molar-refractivity contribution in [1.29, 1.82) is 0 Å². The predicted molar refractivity (Wildman–Crippen MR) is 81.7 cm³/mol. The van der Waals surface area contributed by atoms with Crippen molar-refractivity contribution in [2.45, 2.75) is 19.8 Å². The number of hydrogen-bond donors (Lipinski definition) is 1. The summed E-state index contributed by atoms with van der Waals surface area (Å²) in [5, 5.41) is 14.5. The third-order valence-electron chi connectivity index (χ3n) is 3.80. The van der Waals surface area contributed by atoms with Gasteiger partial charge in [-0.2, -0.15) is 0 Å². The molecular formula is C14H20ClN3O2. The minimum Gasteiger partial charge on any atom is -0.374 e. The Morgan fingerprint density at radius 2 is 2.30 bits per heavy atom. The molecule has 1 saturated heterocycles. The molecule has 110 valence electrons. The van der Waals surface area contributed by atoms with Gasteiger partial charge in [0.15, 0.2) is 0 Å². The van der Waals surface area contributed by atoms with Crippen LogP contribution < -0.4 is 10.2 Å². The molecule has 1 aromatic rings. The van der Waals surface area contributed by atoms with Gasteiger partial charge in [0.05, 0.1) is 4.92 Å². The minimum atomic E-state index is -0.440. The van der Waals surface area contributed by atoms with E-state index in [-0.39, 0.29) is 10.7 Å². The summed E-state index contributed by atoms with van der Waals surface area (Å²) in [4.78, 5) is 12.6. The van der Waals surface area contributed by atoms with Gasteiger partial charge in [-0.25, -0.2) is 0 Å². The van der Waals surface area contributed by atoms with E-state index in [0.717, 1.165) is 30.9 Å². The number of nitro benzene ring substituents is 1. The van der Waals surface area contributed by atoms with Crippen LogP contribution >= 0.6 is 11.6 Å². The molecular weight excluding hydrogens is 278 g/mol. The fourth-order valence-electron chi connectivity index (χ4n) is 2.77. The summed E-state index contributed by atoms with van der Waals surface area (Å²) in [6.07, 6.45) is 2.43. The van der Waals surface area contributed by atoms with E-state index < -0.39 is 4.92 Å². The van der Waals surface area contributed by atoms with Crippen molar-refractivity contribution in [3.8, 4) is 0 Å². The van der Waals surface area contributed by atoms with Crippen LogP contribution in [0.25, 0.3) is 0 Å². The van der Waals surface area contributed by atoms with E-state index >= 15 is 0 Å². The highest BCUT2D eigenvalue weighted by atomic mass is 35.5. The van der Waals surface area contributed by atoms with Crippen molar-refractivity contribution in [1.82, 2.24) is 5.32 Å². The van der Waals surface area contributed by atoms with E-state index in [1.54, 1.807) is 12.1 Å². The number of halogens is 1. The van der Waals surface area contributed by atoms with Crippen LogP contribution in [0.5, 0.6) is 0 Å². The van der Waals surface area contributed by atoms with Crippen molar-refractivity contribution in [3.63, 3.8) is 0 Å². The number of rotatable bonds is 4. The van der Waals surface area contributed by atoms with Gasteiger partial charge in [0, 0.05) is 25.3 Å². The Bertz CT molecular complexity index is 501. The number of piperidine rings is 1. The Morgan fingerprint density at radius 1 is 1.55 bits per heavy atom. The average Bonchev–Trinajstić information content (AvgIpc) is 2.41. The zero-order valence-electron chi connectivity index (χ0n) is 11.9. The SMILES string of the molecule is Cc1cc([N+](=O)[O-])c(Cl)cc1N(C)CC1CCCNC1. The van der Waals surface area contributed by atoms with Gasteiger partial charge >= 0.3 is 0 Å². The molecule has 0 radical (unpaired) electrons. The molecule has 2 rings (SSSR count). The smallest absolute Gasteiger partial charge is 0.288 e. The van der Waals surface area contributed by atoms with Crippen molar-refractivity contribution in [2.75, 3.05) is 31.6 Å². The van der Waals surface area contributed by atoms with E-state index in [4.69, 9.17) is 11.6 Å². The summed E-state index contributed by atoms with van der Waals surface area (Å²) in [5.74, 6) is 0.613. The van der Waals surface area contributed by atoms with Crippen molar-refractivity contribution >= 4 is 23.0 Å². The molecule has 0 amide bonds. The molecule has 0 bridgehead atoms. The van der Waals surface area contributed by atoms with Crippen molar-refractivity contribution < 1.29 is 4.92 Å². The van der Waals surface area contributed by atoms with Gasteiger partial charge in [0.1, 0.15) is 5.02 Å². The van der Waals surface area contributed by atoms with Gasteiger partial charge in [-0.1, -0.05) is 11.6 Å². The van der Waals surface area contributed by atoms with Gasteiger partial charge < -0.3 is 10.2 Å². The van der Waals surface area contributed by atoms with Crippen LogP contribution in [0, 0.1) is 23.0 Å². The summed E-state index contributed by atoms with van der Waals surface area (Å²) >= 11 is 6.00. The lowest BCUT2D eigenvalue weighted by Crippen LogP contribution is -2.37. The Balaban J connectivity index is 2.14. The lowest BCUT2D eigenvalue weighted by atomic mass is 9.99. The van der Waals surface area contributed by atoms with Crippen LogP contribution in [0.3, 0.4) is 0 Å². The summed E-state index contributed by atoms with van der Waals surface area (Å²) < 4.78 is 0. The maximum Gasteiger partial charge on any atom is 0.288 e. The van der Waals surface area contributed by atoms with Crippen LogP contribution in [0.15, 0.2) is 12.1 Å². The molecule has 0 saturated carbocycles. The molecule has 1 unspecified atom stereocenters. The van der Waals surface area contributed by atoms with Gasteiger partial charge in [-0.3, -0.25) is 10.1 Å². The second kappa shape index (κ2) is 6.41. The lowest BCUT2D eigenvalue weighted by Gasteiger charge is -2.29. The Morgan fingerprint density at radius 3 is 2.90 bits per heavy atom. The van der Waals surface area contributed by atoms with Gasteiger partial charge in [0.2, 0.25) is 0 Å². The molecule has 0 aliphatic carbocycles. The van der Waals surface area contributed by atoms with Gasteiger partial charge in [-0.05, 0) is 50.4 Å². The fourth-order valence-corrected chi connectivity index (χ4v) is 3.00. The number of nitro groups is 1. The minimum absolute atomic E-state index is 0.0272. The molecule has 6 heteroatoms. The van der Waals surface area contributed by atoms with Crippen molar-refractivity contribution in [2.24, 2.45) is 5.92 Å². The normalized spacial score (nSPS) is 18.9. The monoisotopic (exact) mass is 297 g/mol. The molecule has 0 aromatic heterocycles. The number of benzene rings is 1. The van der Waals surface area contributed by atoms with E-state index in [1.807, 2.05) is 14.0 Å². The molecule has 1 N–H and O–H groups in total. The molecule has 1 fully saturated rings. The first kappa shape index (κ1) is 15.1. The lowest BCUT2D eigenvalue weighted by molar-refractivity contribution is -0.384. The molecule has 1 atom stereocenters. The summed E-state index contributed by atoms with van der Waals surface area (Å²) in [7, 11) is 2.01. The number of hydrogen-bond acceptors (Lipinski definition) is 4. The predicted octanol–water partition coefficient (Wildman–Crippen LogP) is 2.99. The van der Waals surface area contributed by atoms with E-state index in [2.05, 4.69) is 10.2 Å². The molecule has 5 nitrogen and oxygen atoms in total. The quantitative estimate of drug-likeness (QED) is 0.685. The molecule has 1 aliphatic heterocycles. The highest BCUT2D eigenvalue weighted by Crippen LogP contribution is 2.32. The second-order valence-electron chi connectivity index (χ2n) is 5.44. The maximum absolute atomic E-state index is 10.9. The Labute approximate surface area is 124 Å². The second-order valence-corrected chi connectivity index (χ2v) is 5.85. The molecule has 1 aromatic carbocycles. The Kier molecular flexibility index (Phi) is 4.83. The number of aryl methyl sites for hydroxylation is 1. The van der Waals surface area contributed by atoms with Crippen LogP contribution in [-0.2, 0) is 0 Å². The van der Waals surface area contributed by atoms with Gasteiger partial charge in [-0.15, -0.1) is 0 Å². The molecule has 1 aliphatic rings. The molecule has 20 heavy (non-hydrogen) atoms. The first-order valence-corrected chi connectivity index (χ1v) is 7.23. The number of nitrogens with one attached hydrogen (secondary N) is 1. The van der Waals surface area contributed by atoms with E-state index in [0.29, 0.717) is 5.92 Å². The summed E-state index contributed by atoms with van der Waals surface area (Å²) in [6, 6.07) is 3.25. The fraction of sp³-hybridized carbons (Fsp3) is 0.571. The highest BCUT2D eigenvalue weighted by molar-refractivity contribution is 6.33. The third-order valence-corrected chi connectivity index (χ3v) is 4.11. The molecule has 0 spiro atoms. The zero-order valence-corrected chi connectivity index (χ0v) is 12.6. The number of nitrogens with zero attached hydrogens (tertiary/aromatic N) is 2. The summed E-state index contributed by atoms with van der Waals surface area (Å²) in [6.45, 7) is 4.95. The topological polar surface area (TPSA) is 58.4 Å². The summed E-state index contributed by atoms with van der Waals surface area (Å²) in [5.41, 5.74) is 1.82. The van der Waals surface area contributed by atoms with Crippen LogP contribution in [0.1, 0.15) is 18.4 Å². The third kappa shape index (κ3) is 3.41. The van der Waals surface area contributed by atoms with Crippen molar-refractivity contribution in [3.05, 3.63) is 32.8 Å². The number of anilines is 1. The van der Waals surface area contributed by atoms with E-state index in [9.17, 15) is 10.1 Å². The zero-order chi connectivity index (χ0) is 14.7. The first-order valence-electron chi connectivity index (χ1n) is 6.85. The molecule has 1 heterocycles. The van der Waals surface area contributed by atoms with Crippen LogP contribution in [-0.4, -0.2) is 31.6 Å². The average molecular weight is 298 g/mol. The van der Waals surface area contributed by atoms with Gasteiger partial charge in [0.25, 0.3) is 5.69 Å². The Hall–Kier alpha value is -1.33. The van der Waals surface area contributed by atoms with Crippen LogP contribution in [0.2, 0.25) is 5.02 Å². The van der Waals surface area contributed by atoms with Crippen LogP contribution in [0.4, 0.5) is 11.4 Å².